The monoisotopic (exact) mass is 360 g/mol. The van der Waals surface area contributed by atoms with Crippen molar-refractivity contribution in [2.75, 3.05) is 5.01 Å². The van der Waals surface area contributed by atoms with Crippen molar-refractivity contribution >= 4 is 11.6 Å². The highest BCUT2D eigenvalue weighted by molar-refractivity contribution is 5.99. The Morgan fingerprint density at radius 2 is 1.88 bits per heavy atom. The van der Waals surface area contributed by atoms with Gasteiger partial charge in [0, 0.05) is 11.1 Å². The zero-order valence-corrected chi connectivity index (χ0v) is 13.1. The summed E-state index contributed by atoms with van der Waals surface area (Å²) in [6.45, 7) is 0.360. The molecule has 0 saturated carbocycles. The Kier molecular flexibility index (Phi) is 3.83. The number of carbonyl (C=O) groups is 1. The lowest BCUT2D eigenvalue weighted by molar-refractivity contribution is 0.0938. The van der Waals surface area contributed by atoms with Crippen LogP contribution < -0.4 is 10.4 Å². The first kappa shape index (κ1) is 16.1. The van der Waals surface area contributed by atoms with Gasteiger partial charge in [0.15, 0.2) is 0 Å². The predicted molar refractivity (Wildman–Crippen MR) is 84.7 cm³/mol. The Morgan fingerprint density at radius 1 is 1.12 bits per heavy atom. The van der Waals surface area contributed by atoms with Gasteiger partial charge in [-0.3, -0.25) is 15.2 Å². The first-order valence-corrected chi connectivity index (χ1v) is 7.60. The van der Waals surface area contributed by atoms with Crippen molar-refractivity contribution in [3.63, 3.8) is 0 Å². The van der Waals surface area contributed by atoms with Crippen LogP contribution in [0.1, 0.15) is 28.2 Å². The summed E-state index contributed by atoms with van der Waals surface area (Å²) in [5.74, 6) is -1.61. The summed E-state index contributed by atoms with van der Waals surface area (Å²) in [7, 11) is 0. The Hall–Kier alpha value is -3.36. The molecule has 0 radical (unpaired) electrons. The second-order valence-corrected chi connectivity index (χ2v) is 5.62. The maximum atomic E-state index is 13.1. The number of halogens is 3. The molecule has 0 spiro atoms. The van der Waals surface area contributed by atoms with Gasteiger partial charge in [-0.25, -0.2) is 4.39 Å². The molecule has 0 atom stereocenters. The molecule has 0 bridgehead atoms. The van der Waals surface area contributed by atoms with E-state index in [1.165, 1.54) is 18.2 Å². The number of benzene rings is 2. The van der Waals surface area contributed by atoms with Crippen molar-refractivity contribution in [3.05, 3.63) is 65.3 Å². The van der Waals surface area contributed by atoms with Crippen molar-refractivity contribution in [2.24, 2.45) is 0 Å². The number of hydrazine groups is 1. The van der Waals surface area contributed by atoms with E-state index in [2.05, 4.69) is 15.6 Å². The van der Waals surface area contributed by atoms with E-state index in [1.807, 2.05) is 0 Å². The summed E-state index contributed by atoms with van der Waals surface area (Å²) < 4.78 is 43.1. The summed E-state index contributed by atoms with van der Waals surface area (Å²) in [6, 6.07) is 10.5. The van der Waals surface area contributed by atoms with Gasteiger partial charge in [0.25, 0.3) is 11.8 Å². The molecular weight excluding hydrogens is 349 g/mol. The number of nitrogens with one attached hydrogen (secondary N) is 1. The van der Waals surface area contributed by atoms with Crippen molar-refractivity contribution in [1.82, 2.24) is 15.6 Å². The Balaban J connectivity index is 1.63. The summed E-state index contributed by atoms with van der Waals surface area (Å²) in [5.41, 5.74) is 4.79. The number of aromatic nitrogens is 2. The molecule has 1 N–H and O–H groups in total. The van der Waals surface area contributed by atoms with Gasteiger partial charge in [-0.2, -0.15) is 8.78 Å². The molecular formula is C17H11F3N4O2. The van der Waals surface area contributed by atoms with Crippen molar-refractivity contribution in [2.45, 2.75) is 13.0 Å². The number of rotatable bonds is 3. The molecule has 132 valence electrons. The highest BCUT2D eigenvalue weighted by Crippen LogP contribution is 2.28. The van der Waals surface area contributed by atoms with E-state index in [1.54, 1.807) is 29.3 Å². The molecule has 2 aromatic carbocycles. The minimum atomic E-state index is -2.86. The highest BCUT2D eigenvalue weighted by atomic mass is 19.3. The molecule has 26 heavy (non-hydrogen) atoms. The fraction of sp³-hybridized carbons (Fsp3) is 0.118. The minimum Gasteiger partial charge on any atom is -0.415 e. The van der Waals surface area contributed by atoms with Gasteiger partial charge in [0.1, 0.15) is 5.82 Å². The first-order valence-electron chi connectivity index (χ1n) is 7.60. The molecule has 6 nitrogen and oxygen atoms in total. The van der Waals surface area contributed by atoms with Crippen molar-refractivity contribution < 1.29 is 22.4 Å². The fourth-order valence-corrected chi connectivity index (χ4v) is 2.67. The Bertz CT molecular complexity index is 972. The minimum absolute atomic E-state index is 0.0862. The third kappa shape index (κ3) is 2.87. The predicted octanol–water partition coefficient (Wildman–Crippen LogP) is 3.48. The van der Waals surface area contributed by atoms with Crippen LogP contribution in [0.4, 0.5) is 18.9 Å². The normalized spacial score (nSPS) is 13.7. The molecule has 0 aliphatic carbocycles. The maximum absolute atomic E-state index is 13.1. The lowest BCUT2D eigenvalue weighted by atomic mass is 10.0. The summed E-state index contributed by atoms with van der Waals surface area (Å²) >= 11 is 0. The molecule has 0 unspecified atom stereocenters. The molecule has 1 amide bonds. The number of hydrogen-bond donors (Lipinski definition) is 1. The largest absolute Gasteiger partial charge is 0.415 e. The molecule has 2 heterocycles. The van der Waals surface area contributed by atoms with E-state index in [0.717, 1.165) is 5.56 Å². The van der Waals surface area contributed by atoms with Crippen LogP contribution in [0.3, 0.4) is 0 Å². The molecule has 1 aliphatic heterocycles. The van der Waals surface area contributed by atoms with Crippen LogP contribution in [0.25, 0.3) is 11.5 Å². The van der Waals surface area contributed by atoms with Gasteiger partial charge in [0.2, 0.25) is 5.89 Å². The van der Waals surface area contributed by atoms with E-state index in [9.17, 15) is 18.0 Å². The number of nitrogens with zero attached hydrogens (tertiary/aromatic N) is 3. The fourth-order valence-electron chi connectivity index (χ4n) is 2.67. The SMILES string of the molecule is O=C1NN(c2ccc(F)cc2)Cc2ccc(-c3nnc(C(F)F)o3)cc21. The van der Waals surface area contributed by atoms with Crippen molar-refractivity contribution in [3.8, 4) is 11.5 Å². The number of carbonyl (C=O) groups excluding carboxylic acids is 1. The topological polar surface area (TPSA) is 71.3 Å². The average Bonchev–Trinajstić information content (AvgIpc) is 3.12. The molecule has 0 saturated heterocycles. The average molecular weight is 360 g/mol. The van der Waals surface area contributed by atoms with E-state index in [0.29, 0.717) is 23.4 Å². The second-order valence-electron chi connectivity index (χ2n) is 5.62. The van der Waals surface area contributed by atoms with Gasteiger partial charge in [-0.1, -0.05) is 6.07 Å². The zero-order valence-electron chi connectivity index (χ0n) is 13.1. The molecule has 4 rings (SSSR count). The number of fused-ring (bicyclic) bond motifs is 1. The third-order valence-electron chi connectivity index (χ3n) is 3.93. The molecule has 9 heteroatoms. The molecule has 0 fully saturated rings. The van der Waals surface area contributed by atoms with Crippen LogP contribution in [-0.2, 0) is 6.54 Å². The summed E-state index contributed by atoms with van der Waals surface area (Å²) in [6.07, 6.45) is -2.86. The second kappa shape index (κ2) is 6.17. The summed E-state index contributed by atoms with van der Waals surface area (Å²) in [4.78, 5) is 12.4. The first-order chi connectivity index (χ1) is 12.5. The van der Waals surface area contributed by atoms with Crippen LogP contribution in [-0.4, -0.2) is 16.1 Å². The van der Waals surface area contributed by atoms with E-state index in [4.69, 9.17) is 4.42 Å². The van der Waals surface area contributed by atoms with E-state index < -0.39 is 12.3 Å². The smallest absolute Gasteiger partial charge is 0.314 e. The lowest BCUT2D eigenvalue weighted by Crippen LogP contribution is -2.46. The lowest BCUT2D eigenvalue weighted by Gasteiger charge is -2.30. The van der Waals surface area contributed by atoms with Crippen LogP contribution in [0.5, 0.6) is 0 Å². The standard InChI is InChI=1S/C17H11F3N4O2/c18-11-3-5-12(6-4-11)24-8-10-2-1-9(7-13(10)15(25)23-24)16-21-22-17(26-16)14(19)20/h1-7,14H,8H2,(H,23,25). The van der Waals surface area contributed by atoms with Crippen molar-refractivity contribution in [1.29, 1.82) is 0 Å². The molecule has 1 aromatic heterocycles. The highest BCUT2D eigenvalue weighted by Gasteiger charge is 2.25. The van der Waals surface area contributed by atoms with Crippen LogP contribution in [0, 0.1) is 5.82 Å². The molecule has 3 aromatic rings. The van der Waals surface area contributed by atoms with Crippen LogP contribution in [0.2, 0.25) is 0 Å². The number of hydrogen-bond acceptors (Lipinski definition) is 5. The summed E-state index contributed by atoms with van der Waals surface area (Å²) in [5, 5.41) is 8.44. The number of anilines is 1. The van der Waals surface area contributed by atoms with Gasteiger partial charge >= 0.3 is 6.43 Å². The zero-order chi connectivity index (χ0) is 18.3. The van der Waals surface area contributed by atoms with Gasteiger partial charge in [-0.15, -0.1) is 10.2 Å². The van der Waals surface area contributed by atoms with Gasteiger partial charge < -0.3 is 4.42 Å². The van der Waals surface area contributed by atoms with E-state index in [-0.39, 0.29) is 17.6 Å². The van der Waals surface area contributed by atoms with Crippen LogP contribution >= 0.6 is 0 Å². The number of amides is 1. The Labute approximate surface area is 145 Å². The van der Waals surface area contributed by atoms with Crippen LogP contribution in [0.15, 0.2) is 46.9 Å². The molecule has 1 aliphatic rings. The van der Waals surface area contributed by atoms with E-state index >= 15 is 0 Å². The van der Waals surface area contributed by atoms with Gasteiger partial charge in [0.05, 0.1) is 12.2 Å². The maximum Gasteiger partial charge on any atom is 0.314 e. The number of alkyl halides is 2. The Morgan fingerprint density at radius 3 is 2.58 bits per heavy atom. The van der Waals surface area contributed by atoms with Gasteiger partial charge in [-0.05, 0) is 42.0 Å². The third-order valence-corrected chi connectivity index (χ3v) is 3.93. The quantitative estimate of drug-likeness (QED) is 0.774.